The number of amides is 2. The predicted molar refractivity (Wildman–Crippen MR) is 108 cm³/mol. The SMILES string of the molecule is NC1CCC(N2CC(NC(=O)CN(OC(=O)C(F)(F)F)C(=O)c3cccc(C(F)(F)F)c3)C2)CC1. The van der Waals surface area contributed by atoms with Crippen LogP contribution in [-0.4, -0.2) is 71.7 Å². The second-order valence-electron chi connectivity index (χ2n) is 8.58. The van der Waals surface area contributed by atoms with Crippen LogP contribution in [0.3, 0.4) is 0 Å². The Labute approximate surface area is 196 Å². The van der Waals surface area contributed by atoms with Gasteiger partial charge < -0.3 is 15.9 Å². The fourth-order valence-corrected chi connectivity index (χ4v) is 4.04. The van der Waals surface area contributed by atoms with Gasteiger partial charge in [0.25, 0.3) is 5.91 Å². The van der Waals surface area contributed by atoms with E-state index in [2.05, 4.69) is 15.1 Å². The van der Waals surface area contributed by atoms with Gasteiger partial charge in [-0.1, -0.05) is 6.07 Å². The molecule has 2 aliphatic rings. The Balaban J connectivity index is 1.63. The summed E-state index contributed by atoms with van der Waals surface area (Å²) in [4.78, 5) is 42.4. The lowest BCUT2D eigenvalue weighted by molar-refractivity contribution is -0.228. The molecule has 0 spiro atoms. The Morgan fingerprint density at radius 2 is 1.69 bits per heavy atom. The van der Waals surface area contributed by atoms with Crippen LogP contribution in [-0.2, 0) is 20.6 Å². The summed E-state index contributed by atoms with van der Waals surface area (Å²) in [6.07, 6.45) is -6.74. The van der Waals surface area contributed by atoms with Crippen LogP contribution in [0, 0.1) is 0 Å². The first-order valence-corrected chi connectivity index (χ1v) is 10.8. The minimum Gasteiger partial charge on any atom is -0.349 e. The summed E-state index contributed by atoms with van der Waals surface area (Å²) in [5.74, 6) is -5.25. The average Bonchev–Trinajstić information content (AvgIpc) is 2.74. The molecule has 1 aromatic rings. The summed E-state index contributed by atoms with van der Waals surface area (Å²) in [5.41, 5.74) is 3.93. The summed E-state index contributed by atoms with van der Waals surface area (Å²) in [6, 6.07) is 2.93. The smallest absolute Gasteiger partial charge is 0.349 e. The zero-order valence-corrected chi connectivity index (χ0v) is 18.4. The van der Waals surface area contributed by atoms with Crippen molar-refractivity contribution in [2.45, 2.75) is 56.2 Å². The monoisotopic (exact) mass is 510 g/mol. The first-order chi connectivity index (χ1) is 16.2. The topological polar surface area (TPSA) is 105 Å². The van der Waals surface area contributed by atoms with E-state index >= 15 is 0 Å². The van der Waals surface area contributed by atoms with Crippen LogP contribution < -0.4 is 11.1 Å². The number of hydrogen-bond acceptors (Lipinski definition) is 6. The van der Waals surface area contributed by atoms with E-state index in [0.29, 0.717) is 31.3 Å². The number of rotatable bonds is 5. The molecule has 0 unspecified atom stereocenters. The Morgan fingerprint density at radius 3 is 2.26 bits per heavy atom. The summed E-state index contributed by atoms with van der Waals surface area (Å²) in [7, 11) is 0. The molecule has 1 saturated carbocycles. The van der Waals surface area contributed by atoms with E-state index in [1.54, 1.807) is 0 Å². The quantitative estimate of drug-likeness (QED) is 0.465. The van der Waals surface area contributed by atoms with Crippen molar-refractivity contribution in [3.8, 4) is 0 Å². The van der Waals surface area contributed by atoms with Gasteiger partial charge in [-0.25, -0.2) is 4.79 Å². The maximum absolute atomic E-state index is 12.9. The Morgan fingerprint density at radius 1 is 1.06 bits per heavy atom. The molecule has 1 heterocycles. The number of benzene rings is 1. The fourth-order valence-electron chi connectivity index (χ4n) is 4.04. The van der Waals surface area contributed by atoms with Crippen LogP contribution in [0.15, 0.2) is 24.3 Å². The molecule has 1 aliphatic heterocycles. The van der Waals surface area contributed by atoms with Gasteiger partial charge in [0.15, 0.2) is 0 Å². The van der Waals surface area contributed by atoms with E-state index in [4.69, 9.17) is 5.73 Å². The predicted octanol–water partition coefficient (Wildman–Crippen LogP) is 2.24. The highest BCUT2D eigenvalue weighted by molar-refractivity contribution is 5.97. The van der Waals surface area contributed by atoms with Crippen molar-refractivity contribution in [1.82, 2.24) is 15.3 Å². The first kappa shape index (κ1) is 26.7. The fraction of sp³-hybridized carbons (Fsp3) is 0.571. The molecule has 194 valence electrons. The van der Waals surface area contributed by atoms with Crippen molar-refractivity contribution in [2.24, 2.45) is 5.73 Å². The van der Waals surface area contributed by atoms with Gasteiger partial charge in [0.2, 0.25) is 5.91 Å². The largest absolute Gasteiger partial charge is 0.493 e. The van der Waals surface area contributed by atoms with Crippen LogP contribution in [0.25, 0.3) is 0 Å². The molecule has 0 aromatic heterocycles. The van der Waals surface area contributed by atoms with Gasteiger partial charge in [-0.2, -0.15) is 31.4 Å². The molecular formula is C21H24F6N4O4. The van der Waals surface area contributed by atoms with E-state index < -0.39 is 47.8 Å². The number of hydroxylamine groups is 2. The number of nitrogens with zero attached hydrogens (tertiary/aromatic N) is 2. The van der Waals surface area contributed by atoms with Crippen molar-refractivity contribution >= 4 is 17.8 Å². The van der Waals surface area contributed by atoms with Gasteiger partial charge in [0.1, 0.15) is 6.54 Å². The molecule has 2 amide bonds. The Hall–Kier alpha value is -2.87. The Kier molecular flexibility index (Phi) is 7.94. The number of nitrogens with two attached hydrogens (primary N) is 1. The molecule has 0 radical (unpaired) electrons. The molecule has 1 aromatic carbocycles. The standard InChI is InChI=1S/C21H24F6N4O4/c22-20(23,24)13-3-1-2-12(8-13)18(33)31(35-19(34)21(25,26)27)11-17(32)29-15-9-30(10-15)16-6-4-14(28)5-7-16/h1-3,8,14-16H,4-7,9-11,28H2,(H,29,32). The molecule has 8 nitrogen and oxygen atoms in total. The highest BCUT2D eigenvalue weighted by Gasteiger charge is 2.44. The number of carbonyl (C=O) groups is 3. The van der Waals surface area contributed by atoms with Crippen molar-refractivity contribution in [2.75, 3.05) is 19.6 Å². The number of carbonyl (C=O) groups excluding carboxylic acids is 3. The average molecular weight is 510 g/mol. The van der Waals surface area contributed by atoms with Crippen LogP contribution in [0.4, 0.5) is 26.3 Å². The van der Waals surface area contributed by atoms with Gasteiger partial charge in [0.05, 0.1) is 11.6 Å². The van der Waals surface area contributed by atoms with Crippen LogP contribution in [0.2, 0.25) is 0 Å². The van der Waals surface area contributed by atoms with Crippen LogP contribution in [0.5, 0.6) is 0 Å². The maximum atomic E-state index is 12.9. The summed E-state index contributed by atoms with van der Waals surface area (Å²) in [5, 5.41) is 2.33. The molecule has 35 heavy (non-hydrogen) atoms. The highest BCUT2D eigenvalue weighted by atomic mass is 19.4. The number of alkyl halides is 6. The van der Waals surface area contributed by atoms with Crippen LogP contribution in [0.1, 0.15) is 41.6 Å². The summed E-state index contributed by atoms with van der Waals surface area (Å²) in [6.45, 7) is -0.170. The number of likely N-dealkylation sites (tertiary alicyclic amines) is 1. The first-order valence-electron chi connectivity index (χ1n) is 10.8. The lowest BCUT2D eigenvalue weighted by Crippen LogP contribution is -2.63. The molecule has 1 saturated heterocycles. The van der Waals surface area contributed by atoms with Gasteiger partial charge in [0, 0.05) is 30.7 Å². The lowest BCUT2D eigenvalue weighted by atomic mass is 9.88. The van der Waals surface area contributed by atoms with Crippen molar-refractivity contribution in [1.29, 1.82) is 0 Å². The number of nitrogens with one attached hydrogen (secondary N) is 1. The van der Waals surface area contributed by atoms with Gasteiger partial charge in [-0.15, -0.1) is 0 Å². The zero-order valence-electron chi connectivity index (χ0n) is 18.4. The van der Waals surface area contributed by atoms with E-state index in [0.717, 1.165) is 37.8 Å². The molecule has 3 N–H and O–H groups in total. The van der Waals surface area contributed by atoms with Crippen molar-refractivity contribution in [3.05, 3.63) is 35.4 Å². The minimum absolute atomic E-state index is 0.169. The minimum atomic E-state index is -5.50. The second kappa shape index (κ2) is 10.4. The van der Waals surface area contributed by atoms with Crippen molar-refractivity contribution in [3.63, 3.8) is 0 Å². The van der Waals surface area contributed by atoms with Crippen LogP contribution >= 0.6 is 0 Å². The lowest BCUT2D eigenvalue weighted by Gasteiger charge is -2.46. The molecule has 3 rings (SSSR count). The third kappa shape index (κ3) is 7.07. The number of halogens is 6. The van der Waals surface area contributed by atoms with E-state index in [1.807, 2.05) is 0 Å². The normalized spacial score (nSPS) is 21.7. The molecular weight excluding hydrogens is 486 g/mol. The molecule has 2 fully saturated rings. The van der Waals surface area contributed by atoms with E-state index in [1.165, 1.54) is 0 Å². The highest BCUT2D eigenvalue weighted by Crippen LogP contribution is 2.30. The Bertz CT molecular complexity index is 940. The molecule has 0 atom stereocenters. The van der Waals surface area contributed by atoms with Gasteiger partial charge in [-0.05, 0) is 43.9 Å². The number of hydrogen-bond donors (Lipinski definition) is 2. The van der Waals surface area contributed by atoms with Gasteiger partial charge in [-0.3, -0.25) is 14.5 Å². The third-order valence-electron chi connectivity index (χ3n) is 5.91. The maximum Gasteiger partial charge on any atom is 0.493 e. The van der Waals surface area contributed by atoms with E-state index in [9.17, 15) is 40.7 Å². The third-order valence-corrected chi connectivity index (χ3v) is 5.91. The molecule has 1 aliphatic carbocycles. The summed E-state index contributed by atoms with van der Waals surface area (Å²) < 4.78 is 76.9. The zero-order chi connectivity index (χ0) is 26.0. The van der Waals surface area contributed by atoms with Crippen molar-refractivity contribution < 1.29 is 45.6 Å². The van der Waals surface area contributed by atoms with Gasteiger partial charge >= 0.3 is 18.3 Å². The second-order valence-corrected chi connectivity index (χ2v) is 8.58. The molecule has 0 bridgehead atoms. The van der Waals surface area contributed by atoms with E-state index in [-0.39, 0.29) is 17.1 Å². The summed E-state index contributed by atoms with van der Waals surface area (Å²) >= 11 is 0. The molecule has 14 heteroatoms.